The van der Waals surface area contributed by atoms with Gasteiger partial charge in [-0.1, -0.05) is 23.7 Å². The van der Waals surface area contributed by atoms with Gasteiger partial charge in [0.25, 0.3) is 5.91 Å². The number of rotatable bonds is 9. The van der Waals surface area contributed by atoms with Gasteiger partial charge >= 0.3 is 0 Å². The van der Waals surface area contributed by atoms with Gasteiger partial charge in [-0.2, -0.15) is 0 Å². The molecule has 0 aliphatic heterocycles. The second-order valence-corrected chi connectivity index (χ2v) is 6.46. The van der Waals surface area contributed by atoms with Crippen molar-refractivity contribution in [3.05, 3.63) is 53.1 Å². The second kappa shape index (κ2) is 10.1. The van der Waals surface area contributed by atoms with Gasteiger partial charge in [0.1, 0.15) is 5.75 Å². The number of carbonyl (C=O) groups excluding carboxylic acids is 1. The lowest BCUT2D eigenvalue weighted by Crippen LogP contribution is -2.37. The highest BCUT2D eigenvalue weighted by Crippen LogP contribution is 2.30. The minimum atomic E-state index is -0.653. The van der Waals surface area contributed by atoms with Crippen LogP contribution < -0.4 is 19.5 Å². The number of amides is 1. The Balaban J connectivity index is 2.03. The Bertz CT molecular complexity index is 766. The van der Waals surface area contributed by atoms with Crippen LogP contribution in [0.3, 0.4) is 0 Å². The number of halogens is 1. The van der Waals surface area contributed by atoms with E-state index in [9.17, 15) is 4.79 Å². The van der Waals surface area contributed by atoms with Crippen LogP contribution in [-0.2, 0) is 4.79 Å². The summed E-state index contributed by atoms with van der Waals surface area (Å²) in [6, 6.07) is 12.4. The summed E-state index contributed by atoms with van der Waals surface area (Å²) in [6.07, 6.45) is -0.653. The predicted molar refractivity (Wildman–Crippen MR) is 107 cm³/mol. The maximum atomic E-state index is 12.5. The molecule has 146 valence electrons. The first-order valence-electron chi connectivity index (χ1n) is 9.06. The average Bonchev–Trinajstić information content (AvgIpc) is 2.63. The highest BCUT2D eigenvalue weighted by Gasteiger charge is 2.19. The maximum absolute atomic E-state index is 12.5. The van der Waals surface area contributed by atoms with Crippen molar-refractivity contribution in [1.29, 1.82) is 0 Å². The van der Waals surface area contributed by atoms with Gasteiger partial charge in [0.15, 0.2) is 17.6 Å². The molecule has 2 rings (SSSR count). The molecule has 2 aromatic rings. The van der Waals surface area contributed by atoms with E-state index in [2.05, 4.69) is 5.32 Å². The molecule has 0 fully saturated rings. The molecule has 5 nitrogen and oxygen atoms in total. The van der Waals surface area contributed by atoms with E-state index in [0.29, 0.717) is 35.5 Å². The van der Waals surface area contributed by atoms with Crippen LogP contribution >= 0.6 is 11.6 Å². The number of benzene rings is 2. The minimum absolute atomic E-state index is 0.210. The molecule has 1 amide bonds. The van der Waals surface area contributed by atoms with E-state index in [1.165, 1.54) is 0 Å². The first-order chi connectivity index (χ1) is 12.9. The van der Waals surface area contributed by atoms with Gasteiger partial charge in [-0.15, -0.1) is 0 Å². The molecule has 0 heterocycles. The zero-order valence-corrected chi connectivity index (χ0v) is 16.9. The summed E-state index contributed by atoms with van der Waals surface area (Å²) >= 11 is 5.95. The molecular formula is C21H26ClNO4. The topological polar surface area (TPSA) is 56.8 Å². The van der Waals surface area contributed by atoms with Crippen molar-refractivity contribution >= 4 is 17.5 Å². The summed E-state index contributed by atoms with van der Waals surface area (Å²) in [5.74, 6) is 1.70. The lowest BCUT2D eigenvalue weighted by atomic mass is 10.1. The van der Waals surface area contributed by atoms with Crippen LogP contribution in [0.25, 0.3) is 0 Å². The number of carbonyl (C=O) groups is 1. The third-order valence-electron chi connectivity index (χ3n) is 3.90. The standard InChI is InChI=1S/C21H26ClNO4/c1-5-25-19-11-10-16(12-20(19)26-6-2)14(3)23-21(24)15(4)27-18-9-7-8-17(22)13-18/h7-15H,5-6H2,1-4H3,(H,23,24)/t14-,15-/m0/s1. The van der Waals surface area contributed by atoms with Crippen molar-refractivity contribution in [2.75, 3.05) is 13.2 Å². The summed E-state index contributed by atoms with van der Waals surface area (Å²) in [6.45, 7) is 8.55. The first kappa shape index (κ1) is 20.9. The average molecular weight is 392 g/mol. The Hall–Kier alpha value is -2.40. The normalized spacial score (nSPS) is 12.8. The first-order valence-corrected chi connectivity index (χ1v) is 9.44. The van der Waals surface area contributed by atoms with Gasteiger partial charge in [-0.3, -0.25) is 4.79 Å². The number of ether oxygens (including phenoxy) is 3. The lowest BCUT2D eigenvalue weighted by molar-refractivity contribution is -0.127. The number of nitrogens with one attached hydrogen (secondary N) is 1. The van der Waals surface area contributed by atoms with E-state index < -0.39 is 6.10 Å². The van der Waals surface area contributed by atoms with Crippen molar-refractivity contribution in [1.82, 2.24) is 5.32 Å². The molecule has 0 radical (unpaired) electrons. The van der Waals surface area contributed by atoms with Gasteiger partial charge < -0.3 is 19.5 Å². The molecule has 2 aromatic carbocycles. The van der Waals surface area contributed by atoms with Crippen molar-refractivity contribution in [3.63, 3.8) is 0 Å². The fourth-order valence-electron chi connectivity index (χ4n) is 2.55. The summed E-state index contributed by atoms with van der Waals surface area (Å²) in [4.78, 5) is 12.5. The van der Waals surface area contributed by atoms with Crippen LogP contribution in [-0.4, -0.2) is 25.2 Å². The molecule has 0 saturated heterocycles. The zero-order valence-electron chi connectivity index (χ0n) is 16.1. The van der Waals surface area contributed by atoms with Crippen LogP contribution in [0.1, 0.15) is 39.3 Å². The summed E-state index contributed by atoms with van der Waals surface area (Å²) in [5, 5.41) is 3.52. The van der Waals surface area contributed by atoms with E-state index in [1.807, 2.05) is 39.0 Å². The molecule has 27 heavy (non-hydrogen) atoms. The Morgan fingerprint density at radius 1 is 1.04 bits per heavy atom. The van der Waals surface area contributed by atoms with Gasteiger partial charge in [0.2, 0.25) is 0 Å². The fraction of sp³-hybridized carbons (Fsp3) is 0.381. The molecule has 0 unspecified atom stereocenters. The van der Waals surface area contributed by atoms with E-state index in [-0.39, 0.29) is 11.9 Å². The van der Waals surface area contributed by atoms with Crippen LogP contribution in [0.5, 0.6) is 17.2 Å². The Labute approximate surface area is 165 Å². The van der Waals surface area contributed by atoms with Crippen LogP contribution in [0.2, 0.25) is 5.02 Å². The minimum Gasteiger partial charge on any atom is -0.490 e. The molecule has 0 spiro atoms. The van der Waals surface area contributed by atoms with Gasteiger partial charge in [-0.05, 0) is 63.6 Å². The molecule has 0 bridgehead atoms. The van der Waals surface area contributed by atoms with Crippen molar-refractivity contribution in [2.45, 2.75) is 39.8 Å². The van der Waals surface area contributed by atoms with Crippen molar-refractivity contribution in [2.24, 2.45) is 0 Å². The lowest BCUT2D eigenvalue weighted by Gasteiger charge is -2.20. The third kappa shape index (κ3) is 6.07. The quantitative estimate of drug-likeness (QED) is 0.668. The monoisotopic (exact) mass is 391 g/mol. The van der Waals surface area contributed by atoms with Crippen LogP contribution in [0, 0.1) is 0 Å². The molecule has 0 saturated carbocycles. The molecule has 0 aromatic heterocycles. The smallest absolute Gasteiger partial charge is 0.261 e. The summed E-state index contributed by atoms with van der Waals surface area (Å²) in [7, 11) is 0. The van der Waals surface area contributed by atoms with Crippen LogP contribution in [0.4, 0.5) is 0 Å². The fourth-order valence-corrected chi connectivity index (χ4v) is 2.73. The molecule has 1 N–H and O–H groups in total. The van der Waals surface area contributed by atoms with Gasteiger partial charge in [0, 0.05) is 5.02 Å². The number of hydrogen-bond acceptors (Lipinski definition) is 4. The van der Waals surface area contributed by atoms with Crippen LogP contribution in [0.15, 0.2) is 42.5 Å². The highest BCUT2D eigenvalue weighted by atomic mass is 35.5. The third-order valence-corrected chi connectivity index (χ3v) is 4.14. The van der Waals surface area contributed by atoms with Crippen molar-refractivity contribution in [3.8, 4) is 17.2 Å². The maximum Gasteiger partial charge on any atom is 0.261 e. The van der Waals surface area contributed by atoms with Crippen molar-refractivity contribution < 1.29 is 19.0 Å². The summed E-state index contributed by atoms with van der Waals surface area (Å²) < 4.78 is 16.9. The highest BCUT2D eigenvalue weighted by molar-refractivity contribution is 6.30. The Kier molecular flexibility index (Phi) is 7.80. The SMILES string of the molecule is CCOc1ccc([C@H](C)NC(=O)[C@H](C)Oc2cccc(Cl)c2)cc1OCC. The largest absolute Gasteiger partial charge is 0.490 e. The Morgan fingerprint density at radius 2 is 1.74 bits per heavy atom. The Morgan fingerprint density at radius 3 is 2.41 bits per heavy atom. The predicted octanol–water partition coefficient (Wildman–Crippen LogP) is 4.78. The molecule has 0 aliphatic carbocycles. The molecule has 2 atom stereocenters. The van der Waals surface area contributed by atoms with E-state index in [4.69, 9.17) is 25.8 Å². The van der Waals surface area contributed by atoms with E-state index in [0.717, 1.165) is 5.56 Å². The zero-order chi connectivity index (χ0) is 19.8. The van der Waals surface area contributed by atoms with Gasteiger partial charge in [0.05, 0.1) is 19.3 Å². The number of hydrogen-bond donors (Lipinski definition) is 1. The van der Waals surface area contributed by atoms with E-state index in [1.54, 1.807) is 31.2 Å². The molecule has 0 aliphatic rings. The van der Waals surface area contributed by atoms with E-state index >= 15 is 0 Å². The molecule has 6 heteroatoms. The summed E-state index contributed by atoms with van der Waals surface area (Å²) in [5.41, 5.74) is 0.921. The van der Waals surface area contributed by atoms with Gasteiger partial charge in [-0.25, -0.2) is 0 Å². The second-order valence-electron chi connectivity index (χ2n) is 6.02. The molecular weight excluding hydrogens is 366 g/mol.